The van der Waals surface area contributed by atoms with Crippen LogP contribution in [-0.2, 0) is 13.6 Å². The molecule has 1 heterocycles. The van der Waals surface area contributed by atoms with Crippen molar-refractivity contribution in [1.29, 1.82) is 0 Å². The predicted molar refractivity (Wildman–Crippen MR) is 126 cm³/mol. The van der Waals surface area contributed by atoms with Crippen LogP contribution in [0.25, 0.3) is 0 Å². The van der Waals surface area contributed by atoms with Gasteiger partial charge in [0.15, 0.2) is 11.5 Å². The molecule has 1 aromatic carbocycles. The number of aromatic hydroxyl groups is 1. The Kier molecular flexibility index (Phi) is 8.96. The van der Waals surface area contributed by atoms with E-state index in [0.29, 0.717) is 5.56 Å². The van der Waals surface area contributed by atoms with Crippen molar-refractivity contribution in [3.05, 3.63) is 41.2 Å². The number of pyridine rings is 1. The summed E-state index contributed by atoms with van der Waals surface area (Å²) in [6, 6.07) is 7.10. The number of hydrogen-bond donors (Lipinski definition) is 2. The number of anilines is 1. The highest BCUT2D eigenvalue weighted by molar-refractivity contribution is 7.54. The van der Waals surface area contributed by atoms with E-state index < -0.39 is 13.3 Å². The molecule has 0 aliphatic heterocycles. The van der Waals surface area contributed by atoms with Crippen molar-refractivity contribution in [1.82, 2.24) is 4.98 Å². The van der Waals surface area contributed by atoms with Crippen LogP contribution in [0.4, 0.5) is 5.69 Å². The third kappa shape index (κ3) is 6.37. The fraction of sp³-hybridized carbons (Fsp3) is 0.522. The number of phenolic OH excluding ortho intramolecular Hbond substituents is 1. The summed E-state index contributed by atoms with van der Waals surface area (Å²) in [4.78, 5) is 4.48. The fourth-order valence-corrected chi connectivity index (χ4v) is 5.71. The van der Waals surface area contributed by atoms with Crippen LogP contribution in [0, 0.1) is 13.8 Å². The first-order chi connectivity index (χ1) is 15.0. The zero-order valence-electron chi connectivity index (χ0n) is 20.1. The third-order valence-electron chi connectivity index (χ3n) is 4.70. The maximum atomic E-state index is 14.1. The number of rotatable bonds is 11. The number of benzene rings is 1. The molecule has 9 heteroatoms. The fourth-order valence-electron chi connectivity index (χ4n) is 3.36. The Morgan fingerprint density at radius 3 is 1.97 bits per heavy atom. The molecule has 2 aromatic rings. The lowest BCUT2D eigenvalue weighted by atomic mass is 10.1. The Balaban J connectivity index is 2.58. The average molecular weight is 467 g/mol. The molecule has 32 heavy (non-hydrogen) atoms. The number of nitrogens with zero attached hydrogens (tertiary/aromatic N) is 1. The van der Waals surface area contributed by atoms with Gasteiger partial charge in [-0.15, -0.1) is 0 Å². The summed E-state index contributed by atoms with van der Waals surface area (Å²) in [5.41, 5.74) is 2.44. The number of ether oxygens (including phenoxy) is 2. The molecule has 178 valence electrons. The second-order valence-corrected chi connectivity index (χ2v) is 10.2. The van der Waals surface area contributed by atoms with E-state index in [1.165, 1.54) is 14.2 Å². The maximum absolute atomic E-state index is 14.1. The lowest BCUT2D eigenvalue weighted by Gasteiger charge is -2.31. The number of hydrogen-bond acceptors (Lipinski definition) is 8. The average Bonchev–Trinajstić information content (AvgIpc) is 2.68. The molecule has 2 rings (SSSR count). The van der Waals surface area contributed by atoms with Crippen LogP contribution in [-0.4, -0.2) is 43.1 Å². The highest BCUT2D eigenvalue weighted by Crippen LogP contribution is 2.63. The van der Waals surface area contributed by atoms with Crippen LogP contribution in [0.2, 0.25) is 0 Å². The van der Waals surface area contributed by atoms with Crippen molar-refractivity contribution in [3.63, 3.8) is 0 Å². The van der Waals surface area contributed by atoms with Crippen molar-refractivity contribution in [3.8, 4) is 17.2 Å². The Bertz CT molecular complexity index is 924. The largest absolute Gasteiger partial charge is 0.502 e. The standard InChI is InChI=1S/C23H35N2O6P/c1-14(2)30-32(27,31-15(3)4)22(13-24-19-10-9-16(5)25-17(19)6)18-11-20(28-7)23(26)21(12-18)29-8/h9-12,14-15,22,24,26H,13H2,1-8H3. The first kappa shape index (κ1) is 26.0. The molecule has 0 radical (unpaired) electrons. The van der Waals surface area contributed by atoms with Crippen molar-refractivity contribution >= 4 is 13.3 Å². The molecule has 1 unspecified atom stereocenters. The van der Waals surface area contributed by atoms with Gasteiger partial charge < -0.3 is 28.9 Å². The van der Waals surface area contributed by atoms with E-state index in [1.807, 2.05) is 53.7 Å². The van der Waals surface area contributed by atoms with Gasteiger partial charge in [-0.25, -0.2) is 0 Å². The van der Waals surface area contributed by atoms with Crippen LogP contribution >= 0.6 is 7.60 Å². The molecule has 0 saturated carbocycles. The monoisotopic (exact) mass is 466 g/mol. The summed E-state index contributed by atoms with van der Waals surface area (Å²) in [5, 5.41) is 13.7. The first-order valence-corrected chi connectivity index (χ1v) is 12.2. The molecule has 0 spiro atoms. The van der Waals surface area contributed by atoms with E-state index in [1.54, 1.807) is 12.1 Å². The molecule has 1 atom stereocenters. The molecule has 0 bridgehead atoms. The van der Waals surface area contributed by atoms with Crippen molar-refractivity contribution in [2.75, 3.05) is 26.1 Å². The minimum Gasteiger partial charge on any atom is -0.502 e. The van der Waals surface area contributed by atoms with Gasteiger partial charge >= 0.3 is 7.60 Å². The van der Waals surface area contributed by atoms with Gasteiger partial charge in [-0.3, -0.25) is 9.55 Å². The van der Waals surface area contributed by atoms with Gasteiger partial charge in [0.05, 0.1) is 37.8 Å². The third-order valence-corrected chi connectivity index (χ3v) is 7.37. The van der Waals surface area contributed by atoms with Crippen molar-refractivity contribution in [2.45, 2.75) is 59.4 Å². The normalized spacial score (nSPS) is 12.8. The smallest absolute Gasteiger partial charge is 0.340 e. The van der Waals surface area contributed by atoms with Crippen LogP contribution < -0.4 is 14.8 Å². The summed E-state index contributed by atoms with van der Waals surface area (Å²) < 4.78 is 36.6. The van der Waals surface area contributed by atoms with Crippen molar-refractivity contribution < 1.29 is 28.2 Å². The van der Waals surface area contributed by atoms with Crippen LogP contribution in [0.3, 0.4) is 0 Å². The van der Waals surface area contributed by atoms with Gasteiger partial charge in [-0.1, -0.05) is 0 Å². The van der Waals surface area contributed by atoms with Gasteiger partial charge in [0.2, 0.25) is 5.75 Å². The van der Waals surface area contributed by atoms with E-state index in [-0.39, 0.29) is 36.0 Å². The van der Waals surface area contributed by atoms with E-state index >= 15 is 0 Å². The first-order valence-electron chi connectivity index (χ1n) is 10.6. The van der Waals surface area contributed by atoms with Crippen LogP contribution in [0.5, 0.6) is 17.2 Å². The Morgan fingerprint density at radius 2 is 1.53 bits per heavy atom. The predicted octanol–water partition coefficient (Wildman–Crippen LogP) is 5.62. The second kappa shape index (κ2) is 11.0. The van der Waals surface area contributed by atoms with Crippen LogP contribution in [0.1, 0.15) is 50.3 Å². The maximum Gasteiger partial charge on any atom is 0.340 e. The van der Waals surface area contributed by atoms with Gasteiger partial charge in [-0.2, -0.15) is 0 Å². The SMILES string of the molecule is COc1cc(C(CNc2ccc(C)nc2C)P(=O)(OC(C)C)OC(C)C)cc(OC)c1O. The minimum absolute atomic E-state index is 0.131. The zero-order valence-corrected chi connectivity index (χ0v) is 21.0. The molecular weight excluding hydrogens is 431 g/mol. The summed E-state index contributed by atoms with van der Waals surface area (Å²) in [5.74, 6) is 0.282. The number of nitrogens with one attached hydrogen (secondary N) is 1. The number of methoxy groups -OCH3 is 2. The van der Waals surface area contributed by atoms with Gasteiger partial charge in [-0.05, 0) is 71.4 Å². The summed E-state index contributed by atoms with van der Waals surface area (Å²) >= 11 is 0. The summed E-state index contributed by atoms with van der Waals surface area (Å²) in [7, 11) is -0.784. The van der Waals surface area contributed by atoms with E-state index in [2.05, 4.69) is 10.3 Å². The van der Waals surface area contributed by atoms with E-state index in [0.717, 1.165) is 17.1 Å². The lowest BCUT2D eigenvalue weighted by Crippen LogP contribution is -2.20. The molecule has 0 aliphatic carbocycles. The number of aryl methyl sites for hydroxylation is 2. The molecule has 0 aliphatic rings. The Labute approximate surface area is 190 Å². The Morgan fingerprint density at radius 1 is 1.00 bits per heavy atom. The zero-order chi connectivity index (χ0) is 24.1. The van der Waals surface area contributed by atoms with E-state index in [4.69, 9.17) is 18.5 Å². The number of phenols is 1. The van der Waals surface area contributed by atoms with Gasteiger partial charge in [0.25, 0.3) is 0 Å². The molecule has 0 saturated heterocycles. The summed E-state index contributed by atoms with van der Waals surface area (Å²) in [6.07, 6.45) is -0.656. The molecule has 0 fully saturated rings. The number of aromatic nitrogens is 1. The molecule has 1 aromatic heterocycles. The van der Waals surface area contributed by atoms with Gasteiger partial charge in [0.1, 0.15) is 5.66 Å². The highest BCUT2D eigenvalue weighted by atomic mass is 31.2. The lowest BCUT2D eigenvalue weighted by molar-refractivity contribution is 0.137. The topological polar surface area (TPSA) is 99.1 Å². The molecule has 0 amide bonds. The molecular formula is C23H35N2O6P. The second-order valence-electron chi connectivity index (χ2n) is 8.10. The quantitative estimate of drug-likeness (QED) is 0.412. The molecule has 8 nitrogen and oxygen atoms in total. The highest BCUT2D eigenvalue weighted by Gasteiger charge is 2.40. The Hall–Kier alpha value is -2.28. The van der Waals surface area contributed by atoms with Crippen molar-refractivity contribution in [2.24, 2.45) is 0 Å². The van der Waals surface area contributed by atoms with Gasteiger partial charge in [0, 0.05) is 12.2 Å². The molecule has 2 N–H and O–H groups in total. The summed E-state index contributed by atoms with van der Waals surface area (Å²) in [6.45, 7) is 11.3. The minimum atomic E-state index is -3.68. The van der Waals surface area contributed by atoms with E-state index in [9.17, 15) is 9.67 Å². The van der Waals surface area contributed by atoms with Crippen LogP contribution in [0.15, 0.2) is 24.3 Å².